The SMILES string of the molecule is CCCC1(Cn2c(CCCl)nc3cc(Br)ccc32)CC1. The molecule has 1 aromatic carbocycles. The number of alkyl halides is 1. The van der Waals surface area contributed by atoms with Gasteiger partial charge in [-0.2, -0.15) is 0 Å². The molecule has 2 aromatic rings. The quantitative estimate of drug-likeness (QED) is 0.654. The Hall–Kier alpha value is -0.540. The van der Waals surface area contributed by atoms with E-state index in [0.29, 0.717) is 11.3 Å². The van der Waals surface area contributed by atoms with Crippen molar-refractivity contribution in [3.8, 4) is 0 Å². The molecule has 1 aliphatic carbocycles. The summed E-state index contributed by atoms with van der Waals surface area (Å²) < 4.78 is 3.49. The molecule has 0 spiro atoms. The topological polar surface area (TPSA) is 17.8 Å². The van der Waals surface area contributed by atoms with E-state index in [1.165, 1.54) is 31.2 Å². The number of nitrogens with zero attached hydrogens (tertiary/aromatic N) is 2. The second kappa shape index (κ2) is 5.69. The smallest absolute Gasteiger partial charge is 0.111 e. The average Bonchev–Trinajstić information content (AvgIpc) is 3.09. The first-order valence-corrected chi connectivity index (χ1v) is 8.71. The van der Waals surface area contributed by atoms with Crippen LogP contribution in [0, 0.1) is 5.41 Å². The lowest BCUT2D eigenvalue weighted by Crippen LogP contribution is -2.14. The zero-order valence-electron chi connectivity index (χ0n) is 11.8. The number of aromatic nitrogens is 2. The van der Waals surface area contributed by atoms with Gasteiger partial charge in [-0.15, -0.1) is 11.6 Å². The van der Waals surface area contributed by atoms with Gasteiger partial charge in [0.1, 0.15) is 5.82 Å². The highest BCUT2D eigenvalue weighted by atomic mass is 79.9. The summed E-state index contributed by atoms with van der Waals surface area (Å²) in [7, 11) is 0. The predicted molar refractivity (Wildman–Crippen MR) is 88.4 cm³/mol. The Bertz CT molecular complexity index is 616. The fraction of sp³-hybridized carbons (Fsp3) is 0.562. The number of hydrogen-bond acceptors (Lipinski definition) is 1. The van der Waals surface area contributed by atoms with Crippen molar-refractivity contribution in [1.82, 2.24) is 9.55 Å². The third-order valence-electron chi connectivity index (χ3n) is 4.34. The Labute approximate surface area is 133 Å². The van der Waals surface area contributed by atoms with Crippen LogP contribution in [0.25, 0.3) is 11.0 Å². The molecule has 0 N–H and O–H groups in total. The lowest BCUT2D eigenvalue weighted by atomic mass is 10.0. The van der Waals surface area contributed by atoms with Crippen LogP contribution in [0.4, 0.5) is 0 Å². The minimum atomic E-state index is 0.524. The molecule has 3 rings (SSSR count). The van der Waals surface area contributed by atoms with Gasteiger partial charge in [-0.25, -0.2) is 4.98 Å². The molecule has 2 nitrogen and oxygen atoms in total. The van der Waals surface area contributed by atoms with E-state index in [9.17, 15) is 0 Å². The van der Waals surface area contributed by atoms with Gasteiger partial charge in [-0.05, 0) is 42.9 Å². The number of aryl methyl sites for hydroxylation is 1. The van der Waals surface area contributed by atoms with Gasteiger partial charge in [-0.1, -0.05) is 29.3 Å². The molecule has 0 amide bonds. The molecule has 1 aromatic heterocycles. The fourth-order valence-corrected chi connectivity index (χ4v) is 3.65. The Morgan fingerprint density at radius 1 is 1.40 bits per heavy atom. The van der Waals surface area contributed by atoms with Gasteiger partial charge in [0.15, 0.2) is 0 Å². The summed E-state index contributed by atoms with van der Waals surface area (Å²) in [6.07, 6.45) is 6.15. The maximum Gasteiger partial charge on any atom is 0.111 e. The molecule has 108 valence electrons. The maximum atomic E-state index is 5.95. The van der Waals surface area contributed by atoms with Crippen molar-refractivity contribution in [2.75, 3.05) is 5.88 Å². The number of halogens is 2. The van der Waals surface area contributed by atoms with Crippen molar-refractivity contribution in [3.05, 3.63) is 28.5 Å². The van der Waals surface area contributed by atoms with E-state index in [2.05, 4.69) is 45.6 Å². The normalized spacial score (nSPS) is 16.8. The number of benzene rings is 1. The van der Waals surface area contributed by atoms with Crippen LogP contribution in [0.5, 0.6) is 0 Å². The van der Waals surface area contributed by atoms with Crippen molar-refractivity contribution in [1.29, 1.82) is 0 Å². The summed E-state index contributed by atoms with van der Waals surface area (Å²) in [4.78, 5) is 4.78. The summed E-state index contributed by atoms with van der Waals surface area (Å²) in [5.41, 5.74) is 2.85. The number of fused-ring (bicyclic) bond motifs is 1. The van der Waals surface area contributed by atoms with Gasteiger partial charge in [0, 0.05) is 23.3 Å². The molecule has 0 bridgehead atoms. The van der Waals surface area contributed by atoms with E-state index < -0.39 is 0 Å². The first-order valence-electron chi connectivity index (χ1n) is 7.38. The van der Waals surface area contributed by atoms with Crippen LogP contribution in [-0.2, 0) is 13.0 Å². The predicted octanol–water partition coefficient (Wildman–Crippen LogP) is 5.16. The van der Waals surface area contributed by atoms with E-state index >= 15 is 0 Å². The summed E-state index contributed by atoms with van der Waals surface area (Å²) in [6.45, 7) is 3.38. The lowest BCUT2D eigenvalue weighted by molar-refractivity contribution is 0.387. The molecule has 0 radical (unpaired) electrons. The van der Waals surface area contributed by atoms with Gasteiger partial charge < -0.3 is 4.57 Å². The Kier molecular flexibility index (Phi) is 4.09. The van der Waals surface area contributed by atoms with Crippen LogP contribution in [0.15, 0.2) is 22.7 Å². The van der Waals surface area contributed by atoms with Crippen LogP contribution in [0.1, 0.15) is 38.4 Å². The highest BCUT2D eigenvalue weighted by Crippen LogP contribution is 2.51. The van der Waals surface area contributed by atoms with E-state index in [0.717, 1.165) is 28.8 Å². The lowest BCUT2D eigenvalue weighted by Gasteiger charge is -2.17. The standard InChI is InChI=1S/C16H20BrClN2/c1-2-6-16(7-8-16)11-20-14-4-3-12(17)10-13(14)19-15(20)5-9-18/h3-4,10H,2,5-9,11H2,1H3. The van der Waals surface area contributed by atoms with Crippen molar-refractivity contribution in [2.24, 2.45) is 5.41 Å². The van der Waals surface area contributed by atoms with Gasteiger partial charge in [0.25, 0.3) is 0 Å². The van der Waals surface area contributed by atoms with Crippen molar-refractivity contribution < 1.29 is 0 Å². The molecule has 0 saturated heterocycles. The molecule has 0 aliphatic heterocycles. The zero-order chi connectivity index (χ0) is 14.2. The minimum absolute atomic E-state index is 0.524. The Morgan fingerprint density at radius 3 is 2.85 bits per heavy atom. The van der Waals surface area contributed by atoms with Gasteiger partial charge in [0.2, 0.25) is 0 Å². The minimum Gasteiger partial charge on any atom is -0.327 e. The molecule has 4 heteroatoms. The molecule has 1 saturated carbocycles. The summed E-state index contributed by atoms with van der Waals surface area (Å²) >= 11 is 9.48. The maximum absolute atomic E-state index is 5.95. The summed E-state index contributed by atoms with van der Waals surface area (Å²) in [6, 6.07) is 6.37. The second-order valence-corrected chi connectivity index (χ2v) is 7.23. The van der Waals surface area contributed by atoms with Crippen LogP contribution in [0.2, 0.25) is 0 Å². The number of rotatable bonds is 6. The van der Waals surface area contributed by atoms with E-state index in [1.807, 2.05) is 0 Å². The molecule has 1 fully saturated rings. The van der Waals surface area contributed by atoms with Crippen LogP contribution in [0.3, 0.4) is 0 Å². The molecule has 0 atom stereocenters. The molecular formula is C16H20BrClN2. The monoisotopic (exact) mass is 354 g/mol. The third-order valence-corrected chi connectivity index (χ3v) is 5.02. The average molecular weight is 356 g/mol. The molecule has 0 unspecified atom stereocenters. The Balaban J connectivity index is 2.00. The van der Waals surface area contributed by atoms with Gasteiger partial charge >= 0.3 is 0 Å². The molecular weight excluding hydrogens is 336 g/mol. The van der Waals surface area contributed by atoms with Crippen LogP contribution >= 0.6 is 27.5 Å². The number of hydrogen-bond donors (Lipinski definition) is 0. The van der Waals surface area contributed by atoms with Crippen molar-refractivity contribution in [2.45, 2.75) is 45.6 Å². The van der Waals surface area contributed by atoms with Crippen molar-refractivity contribution in [3.63, 3.8) is 0 Å². The van der Waals surface area contributed by atoms with Gasteiger partial charge in [0.05, 0.1) is 11.0 Å². The highest BCUT2D eigenvalue weighted by molar-refractivity contribution is 9.10. The van der Waals surface area contributed by atoms with E-state index in [1.54, 1.807) is 0 Å². The number of imidazole rings is 1. The fourth-order valence-electron chi connectivity index (χ4n) is 3.13. The highest BCUT2D eigenvalue weighted by Gasteiger charge is 2.42. The second-order valence-electron chi connectivity index (χ2n) is 5.94. The first kappa shape index (κ1) is 14.4. The third kappa shape index (κ3) is 2.75. The summed E-state index contributed by atoms with van der Waals surface area (Å²) in [5, 5.41) is 0. The molecule has 1 heterocycles. The Morgan fingerprint density at radius 2 is 2.20 bits per heavy atom. The zero-order valence-corrected chi connectivity index (χ0v) is 14.2. The molecule has 20 heavy (non-hydrogen) atoms. The van der Waals surface area contributed by atoms with Crippen LogP contribution < -0.4 is 0 Å². The van der Waals surface area contributed by atoms with Crippen molar-refractivity contribution >= 4 is 38.6 Å². The first-order chi connectivity index (χ1) is 9.67. The molecule has 1 aliphatic rings. The van der Waals surface area contributed by atoms with E-state index in [-0.39, 0.29) is 0 Å². The summed E-state index contributed by atoms with van der Waals surface area (Å²) in [5.74, 6) is 1.76. The van der Waals surface area contributed by atoms with E-state index in [4.69, 9.17) is 16.6 Å². The van der Waals surface area contributed by atoms with Crippen LogP contribution in [-0.4, -0.2) is 15.4 Å². The van der Waals surface area contributed by atoms with Gasteiger partial charge in [-0.3, -0.25) is 0 Å². The largest absolute Gasteiger partial charge is 0.327 e.